The van der Waals surface area contributed by atoms with Gasteiger partial charge in [0.2, 0.25) is 0 Å². The Morgan fingerprint density at radius 3 is 3.00 bits per heavy atom. The average molecular weight is 302 g/mol. The normalized spacial score (nSPS) is 20.2. The van der Waals surface area contributed by atoms with Crippen LogP contribution in [0.1, 0.15) is 5.82 Å². The Bertz CT molecular complexity index is 467. The zero-order valence-corrected chi connectivity index (χ0v) is 12.0. The number of hydrogen-bond donors (Lipinski definition) is 2. The summed E-state index contributed by atoms with van der Waals surface area (Å²) in [6, 6.07) is 0. The Morgan fingerprint density at radius 1 is 1.55 bits per heavy atom. The van der Waals surface area contributed by atoms with E-state index in [2.05, 4.69) is 15.1 Å². The van der Waals surface area contributed by atoms with E-state index in [1.54, 1.807) is 4.57 Å². The van der Waals surface area contributed by atoms with Gasteiger partial charge in [0.05, 0.1) is 25.0 Å². The monoisotopic (exact) mass is 302 g/mol. The number of ether oxygens (including phenoxy) is 1. The maximum absolute atomic E-state index is 10.6. The molecule has 0 amide bonds. The smallest absolute Gasteiger partial charge is 0.313 e. The number of aliphatic hydroxyl groups is 1. The zero-order chi connectivity index (χ0) is 14.5. The van der Waals surface area contributed by atoms with Crippen LogP contribution in [-0.4, -0.2) is 74.4 Å². The van der Waals surface area contributed by atoms with E-state index in [1.165, 1.54) is 0 Å². The first-order valence-electron chi connectivity index (χ1n) is 6.28. The summed E-state index contributed by atoms with van der Waals surface area (Å²) in [7, 11) is 2.02. The molecule has 1 saturated heterocycles. The van der Waals surface area contributed by atoms with Gasteiger partial charge in [0, 0.05) is 13.1 Å². The van der Waals surface area contributed by atoms with Crippen molar-refractivity contribution in [1.29, 1.82) is 0 Å². The van der Waals surface area contributed by atoms with Crippen molar-refractivity contribution in [2.24, 2.45) is 0 Å². The summed E-state index contributed by atoms with van der Waals surface area (Å²) in [5.74, 6) is -0.576. The molecule has 0 spiro atoms. The third-order valence-corrected chi connectivity index (χ3v) is 3.94. The van der Waals surface area contributed by atoms with Crippen LogP contribution in [0.4, 0.5) is 0 Å². The predicted octanol–water partition coefficient (Wildman–Crippen LogP) is -0.722. The van der Waals surface area contributed by atoms with E-state index < -0.39 is 5.97 Å². The molecule has 1 aliphatic heterocycles. The lowest BCUT2D eigenvalue weighted by Gasteiger charge is -2.30. The Morgan fingerprint density at radius 2 is 2.35 bits per heavy atom. The summed E-state index contributed by atoms with van der Waals surface area (Å²) in [6.07, 6.45) is -0.0146. The molecule has 0 bridgehead atoms. The summed E-state index contributed by atoms with van der Waals surface area (Å²) >= 11 is 1.09. The summed E-state index contributed by atoms with van der Waals surface area (Å²) < 4.78 is 7.41. The number of carboxylic acids is 1. The van der Waals surface area contributed by atoms with Crippen LogP contribution in [-0.2, 0) is 22.7 Å². The number of rotatable bonds is 6. The first-order valence-corrected chi connectivity index (χ1v) is 7.26. The maximum atomic E-state index is 10.6. The average Bonchev–Trinajstić information content (AvgIpc) is 2.78. The van der Waals surface area contributed by atoms with Gasteiger partial charge in [-0.2, -0.15) is 0 Å². The molecule has 1 aliphatic rings. The first-order chi connectivity index (χ1) is 9.60. The highest BCUT2D eigenvalue weighted by Crippen LogP contribution is 2.19. The molecule has 1 unspecified atom stereocenters. The summed E-state index contributed by atoms with van der Waals surface area (Å²) in [6.45, 7) is 2.62. The van der Waals surface area contributed by atoms with Crippen molar-refractivity contribution in [2.75, 3.05) is 32.5 Å². The molecular formula is C11H18N4O4S. The second-order valence-electron chi connectivity index (χ2n) is 4.60. The van der Waals surface area contributed by atoms with E-state index in [0.29, 0.717) is 24.1 Å². The summed E-state index contributed by atoms with van der Waals surface area (Å²) in [4.78, 5) is 12.8. The molecule has 20 heavy (non-hydrogen) atoms. The molecular weight excluding hydrogens is 284 g/mol. The lowest BCUT2D eigenvalue weighted by Crippen LogP contribution is -2.42. The highest BCUT2D eigenvalue weighted by Gasteiger charge is 2.22. The van der Waals surface area contributed by atoms with Crippen molar-refractivity contribution in [3.05, 3.63) is 5.82 Å². The fraction of sp³-hybridized carbons (Fsp3) is 0.727. The summed E-state index contributed by atoms with van der Waals surface area (Å²) in [5, 5.41) is 26.3. The van der Waals surface area contributed by atoms with Crippen LogP contribution in [0, 0.1) is 0 Å². The Balaban J connectivity index is 2.07. The van der Waals surface area contributed by atoms with E-state index in [4.69, 9.17) is 9.84 Å². The molecule has 2 rings (SSSR count). The molecule has 112 valence electrons. The van der Waals surface area contributed by atoms with Gasteiger partial charge < -0.3 is 24.4 Å². The fourth-order valence-electron chi connectivity index (χ4n) is 2.03. The maximum Gasteiger partial charge on any atom is 0.313 e. The number of aromatic nitrogens is 3. The van der Waals surface area contributed by atoms with Gasteiger partial charge in [-0.15, -0.1) is 10.2 Å². The molecule has 1 aromatic rings. The van der Waals surface area contributed by atoms with Gasteiger partial charge in [-0.3, -0.25) is 4.79 Å². The van der Waals surface area contributed by atoms with E-state index >= 15 is 0 Å². The number of nitrogens with zero attached hydrogens (tertiary/aromatic N) is 4. The Labute approximate surface area is 120 Å². The highest BCUT2D eigenvalue weighted by atomic mass is 32.2. The summed E-state index contributed by atoms with van der Waals surface area (Å²) in [5.41, 5.74) is 0. The SMILES string of the molecule is CN1CCOC(Cn2c(CO)nnc2SCC(=O)O)C1. The van der Waals surface area contributed by atoms with Crippen molar-refractivity contribution in [1.82, 2.24) is 19.7 Å². The van der Waals surface area contributed by atoms with Gasteiger partial charge in [0.1, 0.15) is 6.61 Å². The largest absolute Gasteiger partial charge is 0.481 e. The third-order valence-electron chi connectivity index (χ3n) is 2.99. The Kier molecular flexibility index (Phi) is 5.35. The molecule has 0 radical (unpaired) electrons. The molecule has 2 heterocycles. The van der Waals surface area contributed by atoms with E-state index in [9.17, 15) is 9.90 Å². The number of thioether (sulfide) groups is 1. The number of morpholine rings is 1. The zero-order valence-electron chi connectivity index (χ0n) is 11.2. The molecule has 1 fully saturated rings. The molecule has 1 aromatic heterocycles. The van der Waals surface area contributed by atoms with Crippen molar-refractivity contribution in [2.45, 2.75) is 24.4 Å². The minimum atomic E-state index is -0.913. The number of carbonyl (C=O) groups is 1. The molecule has 0 saturated carbocycles. The van der Waals surface area contributed by atoms with E-state index in [0.717, 1.165) is 24.9 Å². The first kappa shape index (κ1) is 15.2. The van der Waals surface area contributed by atoms with Crippen LogP contribution in [0.3, 0.4) is 0 Å². The van der Waals surface area contributed by atoms with Gasteiger partial charge in [-0.25, -0.2) is 0 Å². The third kappa shape index (κ3) is 3.92. The van der Waals surface area contributed by atoms with Gasteiger partial charge in [0.15, 0.2) is 11.0 Å². The molecule has 0 aliphatic carbocycles. The number of carboxylic acid groups (broad SMARTS) is 1. The number of likely N-dealkylation sites (N-methyl/N-ethyl adjacent to an activating group) is 1. The van der Waals surface area contributed by atoms with Crippen molar-refractivity contribution < 1.29 is 19.7 Å². The lowest BCUT2D eigenvalue weighted by molar-refractivity contribution is -0.133. The standard InChI is InChI=1S/C11H18N4O4S/c1-14-2-3-19-8(4-14)5-15-9(6-16)12-13-11(15)20-7-10(17)18/h8,16H,2-7H2,1H3,(H,17,18). The number of hydrogen-bond acceptors (Lipinski definition) is 7. The van der Waals surface area contributed by atoms with E-state index in [1.807, 2.05) is 7.05 Å². The minimum Gasteiger partial charge on any atom is -0.481 e. The van der Waals surface area contributed by atoms with Crippen LogP contribution in [0.15, 0.2) is 5.16 Å². The number of aliphatic carboxylic acids is 1. The predicted molar refractivity (Wildman–Crippen MR) is 71.5 cm³/mol. The molecule has 2 N–H and O–H groups in total. The number of aliphatic hydroxyl groups excluding tert-OH is 1. The van der Waals surface area contributed by atoms with Crippen LogP contribution >= 0.6 is 11.8 Å². The second-order valence-corrected chi connectivity index (χ2v) is 5.55. The van der Waals surface area contributed by atoms with Gasteiger partial charge in [-0.1, -0.05) is 11.8 Å². The van der Waals surface area contributed by atoms with Crippen LogP contribution in [0.2, 0.25) is 0 Å². The quantitative estimate of drug-likeness (QED) is 0.664. The van der Waals surface area contributed by atoms with Gasteiger partial charge >= 0.3 is 5.97 Å². The second kappa shape index (κ2) is 7.02. The molecule has 8 nitrogen and oxygen atoms in total. The Hall–Kier alpha value is -1.16. The van der Waals surface area contributed by atoms with Gasteiger partial charge in [0.25, 0.3) is 0 Å². The highest BCUT2D eigenvalue weighted by molar-refractivity contribution is 7.99. The molecule has 0 aromatic carbocycles. The van der Waals surface area contributed by atoms with Crippen LogP contribution in [0.25, 0.3) is 0 Å². The van der Waals surface area contributed by atoms with Crippen LogP contribution < -0.4 is 0 Å². The fourth-order valence-corrected chi connectivity index (χ4v) is 2.72. The lowest BCUT2D eigenvalue weighted by atomic mass is 10.3. The van der Waals surface area contributed by atoms with Gasteiger partial charge in [-0.05, 0) is 7.05 Å². The van der Waals surface area contributed by atoms with Crippen molar-refractivity contribution >= 4 is 17.7 Å². The van der Waals surface area contributed by atoms with Crippen molar-refractivity contribution in [3.8, 4) is 0 Å². The topological polar surface area (TPSA) is 101 Å². The van der Waals surface area contributed by atoms with Crippen LogP contribution in [0.5, 0.6) is 0 Å². The van der Waals surface area contributed by atoms with E-state index in [-0.39, 0.29) is 18.5 Å². The minimum absolute atomic E-state index is 0.0146. The molecule has 9 heteroatoms. The molecule has 1 atom stereocenters. The van der Waals surface area contributed by atoms with Crippen molar-refractivity contribution in [3.63, 3.8) is 0 Å².